The smallest absolute Gasteiger partial charge is 0.320 e. The average Bonchev–Trinajstić information content (AvgIpc) is 3.03. The Bertz CT molecular complexity index is 940. The molecule has 1 N–H and O–H groups in total. The quantitative estimate of drug-likeness (QED) is 0.277. The number of nitrogens with one attached hydrogen (secondary N) is 1. The van der Waals surface area contributed by atoms with Crippen molar-refractivity contribution in [1.82, 2.24) is 24.9 Å². The monoisotopic (exact) mass is 693 g/mol. The first-order valence-electron chi connectivity index (χ1n) is 13.2. The van der Waals surface area contributed by atoms with Crippen LogP contribution in [0.1, 0.15) is 41.5 Å². The van der Waals surface area contributed by atoms with Crippen molar-refractivity contribution in [3.05, 3.63) is 8.96 Å². The van der Waals surface area contributed by atoms with E-state index in [1.165, 1.54) is 0 Å². The molecule has 2 heterocycles. The number of carbonyl (C=O) groups is 5. The molecule has 0 aliphatic carbocycles. The van der Waals surface area contributed by atoms with Gasteiger partial charge in [-0.1, -0.05) is 0 Å². The van der Waals surface area contributed by atoms with Crippen molar-refractivity contribution in [2.24, 2.45) is 0 Å². The van der Waals surface area contributed by atoms with E-state index >= 15 is 0 Å². The molecule has 0 saturated carbocycles. The van der Waals surface area contributed by atoms with Gasteiger partial charge in [-0.15, -0.1) is 0 Å². The first-order chi connectivity index (χ1) is 18.4. The molecular weight excluding hydrogens is 654 g/mol. The molecule has 14 heteroatoms. The van der Waals surface area contributed by atoms with Gasteiger partial charge in [-0.3, -0.25) is 43.6 Å². The normalized spacial score (nSPS) is 18.9. The van der Waals surface area contributed by atoms with E-state index in [4.69, 9.17) is 9.47 Å². The van der Waals surface area contributed by atoms with Crippen LogP contribution in [0.15, 0.2) is 8.96 Å². The Labute approximate surface area is 253 Å². The zero-order valence-corrected chi connectivity index (χ0v) is 27.4. The van der Waals surface area contributed by atoms with E-state index in [0.29, 0.717) is 39.3 Å². The second-order valence-electron chi connectivity index (χ2n) is 11.7. The minimum absolute atomic E-state index is 0.0426. The van der Waals surface area contributed by atoms with Gasteiger partial charge in [0, 0.05) is 52.4 Å². The summed E-state index contributed by atoms with van der Waals surface area (Å²) in [4.78, 5) is 69.0. The molecule has 0 aromatic heterocycles. The van der Waals surface area contributed by atoms with E-state index in [-0.39, 0.29) is 59.5 Å². The van der Waals surface area contributed by atoms with Crippen molar-refractivity contribution in [1.29, 1.82) is 0 Å². The average molecular weight is 695 g/mol. The summed E-state index contributed by atoms with van der Waals surface area (Å²) in [7, 11) is 0. The van der Waals surface area contributed by atoms with Crippen molar-refractivity contribution in [2.45, 2.75) is 52.7 Å². The minimum atomic E-state index is -0.601. The highest BCUT2D eigenvalue weighted by Gasteiger charge is 2.35. The molecule has 12 nitrogen and oxygen atoms in total. The molecule has 226 valence electrons. The third kappa shape index (κ3) is 11.9. The molecule has 2 aliphatic heterocycles. The van der Waals surface area contributed by atoms with E-state index in [9.17, 15) is 24.0 Å². The summed E-state index contributed by atoms with van der Waals surface area (Å²) in [5.41, 5.74) is -1.20. The topological polar surface area (TPSA) is 129 Å². The zero-order valence-electron chi connectivity index (χ0n) is 24.2. The summed E-state index contributed by atoms with van der Waals surface area (Å²) < 4.78 is 11.3. The molecule has 1 saturated heterocycles. The van der Waals surface area contributed by atoms with Gasteiger partial charge in [0.1, 0.15) is 20.2 Å². The Balaban J connectivity index is 1.99. The number of hydrogen-bond donors (Lipinski definition) is 1. The number of esters is 2. The van der Waals surface area contributed by atoms with Crippen LogP contribution in [0.25, 0.3) is 0 Å². The van der Waals surface area contributed by atoms with Crippen LogP contribution in [-0.4, -0.2) is 132 Å². The first-order valence-corrected chi connectivity index (χ1v) is 14.8. The van der Waals surface area contributed by atoms with Crippen LogP contribution in [0.4, 0.5) is 0 Å². The fourth-order valence-electron chi connectivity index (χ4n) is 4.06. The van der Waals surface area contributed by atoms with Gasteiger partial charge in [0.15, 0.2) is 0 Å². The lowest BCUT2D eigenvalue weighted by Crippen LogP contribution is -2.45. The molecule has 0 spiro atoms. The van der Waals surface area contributed by atoms with Gasteiger partial charge < -0.3 is 14.8 Å². The van der Waals surface area contributed by atoms with Crippen LogP contribution in [0.2, 0.25) is 0 Å². The summed E-state index contributed by atoms with van der Waals surface area (Å²) in [6.45, 7) is 14.5. The highest BCUT2D eigenvalue weighted by atomic mass is 79.9. The Hall–Kier alpha value is -1.87. The van der Waals surface area contributed by atoms with E-state index in [2.05, 4.69) is 37.2 Å². The number of carbonyl (C=O) groups excluding carboxylic acids is 5. The van der Waals surface area contributed by atoms with Gasteiger partial charge in [-0.2, -0.15) is 0 Å². The third-order valence-corrected chi connectivity index (χ3v) is 7.83. The summed E-state index contributed by atoms with van der Waals surface area (Å²) in [6, 6.07) is 0. The molecule has 0 aromatic rings. The summed E-state index contributed by atoms with van der Waals surface area (Å²) >= 11 is 6.17. The number of rotatable bonds is 9. The molecule has 40 heavy (non-hydrogen) atoms. The Morgan fingerprint density at radius 3 is 1.40 bits per heavy atom. The van der Waals surface area contributed by atoms with E-state index < -0.39 is 23.0 Å². The van der Waals surface area contributed by atoms with Gasteiger partial charge in [0.2, 0.25) is 5.91 Å². The Kier molecular flexibility index (Phi) is 12.7. The molecule has 3 amide bonds. The van der Waals surface area contributed by atoms with E-state index in [1.807, 2.05) is 56.2 Å². The molecule has 0 atom stereocenters. The van der Waals surface area contributed by atoms with Gasteiger partial charge in [-0.25, -0.2) is 0 Å². The summed E-state index contributed by atoms with van der Waals surface area (Å²) in [5, 5.41) is 2.77. The molecule has 2 rings (SSSR count). The van der Waals surface area contributed by atoms with Crippen LogP contribution < -0.4 is 5.32 Å². The van der Waals surface area contributed by atoms with Crippen LogP contribution in [0, 0.1) is 0 Å². The highest BCUT2D eigenvalue weighted by Crippen LogP contribution is 2.28. The maximum absolute atomic E-state index is 12.7. The Morgan fingerprint density at radius 2 is 1.05 bits per heavy atom. The fourth-order valence-corrected chi connectivity index (χ4v) is 4.82. The fraction of sp³-hybridized carbons (Fsp3) is 0.731. The molecule has 2 aliphatic rings. The number of nitrogens with zero attached hydrogens (tertiary/aromatic N) is 4. The van der Waals surface area contributed by atoms with Crippen LogP contribution in [-0.2, 0) is 33.4 Å². The van der Waals surface area contributed by atoms with Crippen molar-refractivity contribution >= 4 is 61.5 Å². The lowest BCUT2D eigenvalue weighted by Gasteiger charge is -2.27. The molecule has 0 radical (unpaired) electrons. The molecular formula is C26H41Br2N5O7. The molecule has 0 bridgehead atoms. The van der Waals surface area contributed by atoms with Crippen LogP contribution in [0.3, 0.4) is 0 Å². The highest BCUT2D eigenvalue weighted by molar-refractivity contribution is 9.14. The first kappa shape index (κ1) is 34.3. The summed E-state index contributed by atoms with van der Waals surface area (Å²) in [6.07, 6.45) is 0. The maximum Gasteiger partial charge on any atom is 0.320 e. The van der Waals surface area contributed by atoms with Crippen molar-refractivity contribution in [2.75, 3.05) is 72.0 Å². The van der Waals surface area contributed by atoms with Crippen molar-refractivity contribution in [3.63, 3.8) is 0 Å². The number of amides is 3. The zero-order chi connectivity index (χ0) is 30.3. The van der Waals surface area contributed by atoms with Crippen LogP contribution in [0.5, 0.6) is 0 Å². The molecule has 0 aromatic carbocycles. The molecule has 1 fully saturated rings. The number of hydrogen-bond acceptors (Lipinski definition) is 10. The predicted octanol–water partition coefficient (Wildman–Crippen LogP) is 1.08. The van der Waals surface area contributed by atoms with E-state index in [1.54, 1.807) is 0 Å². The van der Waals surface area contributed by atoms with Gasteiger partial charge >= 0.3 is 11.9 Å². The van der Waals surface area contributed by atoms with Crippen molar-refractivity contribution in [3.8, 4) is 0 Å². The number of ether oxygens (including phenoxy) is 2. The van der Waals surface area contributed by atoms with Crippen molar-refractivity contribution < 1.29 is 33.4 Å². The number of halogens is 2. The van der Waals surface area contributed by atoms with E-state index in [0.717, 1.165) is 4.90 Å². The second kappa shape index (κ2) is 14.9. The SMILES string of the molecule is CC(C)(C)OC(=O)CN1CCN(CC(=O)NCCN2C(=O)C(Br)=C(Br)C2=O)CCN(CC(=O)OC(C)(C)C)CC1. The summed E-state index contributed by atoms with van der Waals surface area (Å²) in [5.74, 6) is -1.86. The standard InChI is InChI=1S/C26H41Br2N5O7/c1-25(2,3)39-19(35)16-31-11-9-30(10-12-32(14-13-31)17-20(36)40-26(4,5)6)15-18(34)29-7-8-33-23(37)21(27)22(28)24(33)38/h7-17H2,1-6H3,(H,29,34). The van der Waals surface area contributed by atoms with Crippen LogP contribution >= 0.6 is 31.9 Å². The lowest BCUT2D eigenvalue weighted by atomic mass is 10.2. The van der Waals surface area contributed by atoms with Gasteiger partial charge in [-0.05, 0) is 73.4 Å². The minimum Gasteiger partial charge on any atom is -0.459 e. The molecule has 0 unspecified atom stereocenters. The van der Waals surface area contributed by atoms with Gasteiger partial charge in [0.05, 0.1) is 19.6 Å². The second-order valence-corrected chi connectivity index (χ2v) is 13.3. The third-order valence-electron chi connectivity index (χ3n) is 5.83. The lowest BCUT2D eigenvalue weighted by molar-refractivity contribution is -0.158. The Morgan fingerprint density at radius 1 is 0.700 bits per heavy atom. The number of imide groups is 1. The largest absolute Gasteiger partial charge is 0.459 e. The van der Waals surface area contributed by atoms with Gasteiger partial charge in [0.25, 0.3) is 11.8 Å². The predicted molar refractivity (Wildman–Crippen MR) is 156 cm³/mol. The maximum atomic E-state index is 12.7.